The van der Waals surface area contributed by atoms with Crippen molar-refractivity contribution >= 4 is 22.4 Å². The summed E-state index contributed by atoms with van der Waals surface area (Å²) in [6.45, 7) is 0.582. The van der Waals surface area contributed by atoms with Crippen molar-refractivity contribution in [1.29, 1.82) is 0 Å². The molecule has 100 valence electrons. The van der Waals surface area contributed by atoms with E-state index in [0.29, 0.717) is 11.7 Å². The molecule has 0 unspecified atom stereocenters. The van der Waals surface area contributed by atoms with E-state index in [2.05, 4.69) is 20.6 Å². The van der Waals surface area contributed by atoms with Gasteiger partial charge in [-0.25, -0.2) is 9.67 Å². The molecule has 0 fully saturated rings. The van der Waals surface area contributed by atoms with Gasteiger partial charge in [-0.1, -0.05) is 35.5 Å². The van der Waals surface area contributed by atoms with Crippen LogP contribution in [0.1, 0.15) is 16.1 Å². The lowest BCUT2D eigenvalue weighted by Crippen LogP contribution is -2.12. The molecule has 0 spiro atoms. The zero-order chi connectivity index (χ0) is 13.8. The summed E-state index contributed by atoms with van der Waals surface area (Å²) >= 11 is 1.36. The van der Waals surface area contributed by atoms with Crippen LogP contribution in [0.5, 0.6) is 0 Å². The van der Waals surface area contributed by atoms with Gasteiger partial charge in [0.05, 0.1) is 12.7 Å². The molecule has 0 saturated carbocycles. The normalized spacial score (nSPS) is 10.4. The molecule has 1 aromatic carbocycles. The minimum absolute atomic E-state index is 0.274. The Balaban J connectivity index is 1.69. The third-order valence-corrected chi connectivity index (χ3v) is 3.30. The predicted octanol–water partition coefficient (Wildman–Crippen LogP) is 2.04. The summed E-state index contributed by atoms with van der Waals surface area (Å²) in [7, 11) is 0. The van der Waals surface area contributed by atoms with Crippen molar-refractivity contribution in [2.24, 2.45) is 0 Å². The molecule has 0 aliphatic rings. The van der Waals surface area contributed by atoms with Crippen molar-refractivity contribution in [3.05, 3.63) is 59.4 Å². The fraction of sp³-hybridized carbons (Fsp3) is 0.0769. The van der Waals surface area contributed by atoms with Crippen LogP contribution in [0, 0.1) is 0 Å². The molecule has 0 bridgehead atoms. The van der Waals surface area contributed by atoms with Gasteiger partial charge in [-0.3, -0.25) is 10.1 Å². The van der Waals surface area contributed by atoms with Crippen LogP contribution in [-0.4, -0.2) is 25.9 Å². The van der Waals surface area contributed by atoms with E-state index in [1.165, 1.54) is 11.3 Å². The van der Waals surface area contributed by atoms with E-state index in [1.807, 2.05) is 30.3 Å². The zero-order valence-corrected chi connectivity index (χ0v) is 11.2. The monoisotopic (exact) mass is 285 g/mol. The standard InChI is InChI=1S/C13H11N5OS/c19-12(15-13-14-6-7-20-13)11-9-18(17-16-11)8-10-4-2-1-3-5-10/h1-7,9H,8H2,(H,14,15,19). The number of rotatable bonds is 4. The van der Waals surface area contributed by atoms with Gasteiger partial charge >= 0.3 is 0 Å². The molecule has 0 atom stereocenters. The smallest absolute Gasteiger partial charge is 0.279 e. The first kappa shape index (κ1) is 12.5. The fourth-order valence-electron chi connectivity index (χ4n) is 1.70. The topological polar surface area (TPSA) is 72.7 Å². The highest BCUT2D eigenvalue weighted by atomic mass is 32.1. The summed E-state index contributed by atoms with van der Waals surface area (Å²) in [5.41, 5.74) is 1.38. The number of aromatic nitrogens is 4. The van der Waals surface area contributed by atoms with Crippen LogP contribution in [-0.2, 0) is 6.54 Å². The molecule has 1 N–H and O–H groups in total. The van der Waals surface area contributed by atoms with E-state index >= 15 is 0 Å². The highest BCUT2D eigenvalue weighted by molar-refractivity contribution is 7.13. The van der Waals surface area contributed by atoms with Crippen LogP contribution in [0.25, 0.3) is 0 Å². The van der Waals surface area contributed by atoms with Crippen LogP contribution < -0.4 is 5.32 Å². The maximum atomic E-state index is 11.9. The second kappa shape index (κ2) is 5.62. The molecule has 2 aromatic heterocycles. The second-order valence-electron chi connectivity index (χ2n) is 4.08. The predicted molar refractivity (Wildman–Crippen MR) is 75.6 cm³/mol. The van der Waals surface area contributed by atoms with Crippen molar-refractivity contribution in [1.82, 2.24) is 20.0 Å². The largest absolute Gasteiger partial charge is 0.296 e. The Labute approximate surface area is 119 Å². The minimum atomic E-state index is -0.306. The first-order valence-corrected chi connectivity index (χ1v) is 6.84. The van der Waals surface area contributed by atoms with Crippen LogP contribution in [0.3, 0.4) is 0 Å². The number of amides is 1. The lowest BCUT2D eigenvalue weighted by Gasteiger charge is -1.99. The van der Waals surface area contributed by atoms with E-state index in [4.69, 9.17) is 0 Å². The molecule has 20 heavy (non-hydrogen) atoms. The number of benzene rings is 1. The molecular formula is C13H11N5OS. The first-order chi connectivity index (χ1) is 9.81. The minimum Gasteiger partial charge on any atom is -0.296 e. The van der Waals surface area contributed by atoms with Gasteiger partial charge in [-0.15, -0.1) is 16.4 Å². The van der Waals surface area contributed by atoms with Gasteiger partial charge in [0.2, 0.25) is 0 Å². The second-order valence-corrected chi connectivity index (χ2v) is 4.97. The number of hydrogen-bond donors (Lipinski definition) is 1. The van der Waals surface area contributed by atoms with Gasteiger partial charge < -0.3 is 0 Å². The number of anilines is 1. The Morgan fingerprint density at radius 2 is 2.15 bits per heavy atom. The summed E-state index contributed by atoms with van der Waals surface area (Å²) < 4.78 is 1.63. The summed E-state index contributed by atoms with van der Waals surface area (Å²) in [4.78, 5) is 15.9. The average Bonchev–Trinajstić information content (AvgIpc) is 3.11. The van der Waals surface area contributed by atoms with Crippen LogP contribution in [0.15, 0.2) is 48.1 Å². The average molecular weight is 285 g/mol. The van der Waals surface area contributed by atoms with E-state index in [1.54, 1.807) is 22.5 Å². The van der Waals surface area contributed by atoms with Gasteiger partial charge in [0, 0.05) is 11.6 Å². The molecule has 7 heteroatoms. The summed E-state index contributed by atoms with van der Waals surface area (Å²) in [5.74, 6) is -0.306. The van der Waals surface area contributed by atoms with E-state index in [-0.39, 0.29) is 11.6 Å². The molecule has 3 aromatic rings. The Hall–Kier alpha value is -2.54. The van der Waals surface area contributed by atoms with E-state index in [0.717, 1.165) is 5.56 Å². The number of carbonyl (C=O) groups is 1. The van der Waals surface area contributed by atoms with Crippen LogP contribution >= 0.6 is 11.3 Å². The van der Waals surface area contributed by atoms with Gasteiger partial charge in [0.15, 0.2) is 10.8 Å². The Morgan fingerprint density at radius 1 is 1.30 bits per heavy atom. The van der Waals surface area contributed by atoms with Gasteiger partial charge in [-0.2, -0.15) is 0 Å². The number of thiazole rings is 1. The molecule has 0 aliphatic heterocycles. The molecule has 0 aliphatic carbocycles. The Bertz CT molecular complexity index is 693. The molecule has 0 radical (unpaired) electrons. The summed E-state index contributed by atoms with van der Waals surface area (Å²) in [6.07, 6.45) is 3.25. The van der Waals surface area contributed by atoms with Crippen LogP contribution in [0.2, 0.25) is 0 Å². The molecule has 1 amide bonds. The number of nitrogens with zero attached hydrogens (tertiary/aromatic N) is 4. The van der Waals surface area contributed by atoms with Gasteiger partial charge in [0.25, 0.3) is 5.91 Å². The van der Waals surface area contributed by atoms with E-state index in [9.17, 15) is 4.79 Å². The lowest BCUT2D eigenvalue weighted by atomic mass is 10.2. The number of carbonyl (C=O) groups excluding carboxylic acids is 1. The quantitative estimate of drug-likeness (QED) is 0.796. The van der Waals surface area contributed by atoms with Crippen molar-refractivity contribution in [3.8, 4) is 0 Å². The SMILES string of the molecule is O=C(Nc1nccs1)c1cn(Cc2ccccc2)nn1. The summed E-state index contributed by atoms with van der Waals surface area (Å²) in [5, 5.41) is 12.8. The van der Waals surface area contributed by atoms with Crippen molar-refractivity contribution in [2.45, 2.75) is 6.54 Å². The zero-order valence-electron chi connectivity index (χ0n) is 10.4. The molecule has 6 nitrogen and oxygen atoms in total. The van der Waals surface area contributed by atoms with Crippen molar-refractivity contribution in [3.63, 3.8) is 0 Å². The maximum Gasteiger partial charge on any atom is 0.279 e. The fourth-order valence-corrected chi connectivity index (χ4v) is 2.22. The molecule has 2 heterocycles. The Morgan fingerprint density at radius 3 is 2.90 bits per heavy atom. The molecular weight excluding hydrogens is 274 g/mol. The highest BCUT2D eigenvalue weighted by Crippen LogP contribution is 2.11. The van der Waals surface area contributed by atoms with Crippen LogP contribution in [0.4, 0.5) is 5.13 Å². The number of nitrogens with one attached hydrogen (secondary N) is 1. The first-order valence-electron chi connectivity index (χ1n) is 5.96. The van der Waals surface area contributed by atoms with Crippen molar-refractivity contribution < 1.29 is 4.79 Å². The third-order valence-electron chi connectivity index (χ3n) is 2.61. The molecule has 3 rings (SSSR count). The molecule has 0 saturated heterocycles. The van der Waals surface area contributed by atoms with Gasteiger partial charge in [0.1, 0.15) is 0 Å². The maximum absolute atomic E-state index is 11.9. The van der Waals surface area contributed by atoms with Gasteiger partial charge in [-0.05, 0) is 5.56 Å². The van der Waals surface area contributed by atoms with Crippen molar-refractivity contribution in [2.75, 3.05) is 5.32 Å². The van der Waals surface area contributed by atoms with E-state index < -0.39 is 0 Å². The lowest BCUT2D eigenvalue weighted by molar-refractivity contribution is 0.102. The third kappa shape index (κ3) is 2.89. The highest BCUT2D eigenvalue weighted by Gasteiger charge is 2.12. The Kier molecular flexibility index (Phi) is 3.51. The number of hydrogen-bond acceptors (Lipinski definition) is 5. The summed E-state index contributed by atoms with van der Waals surface area (Å²) in [6, 6.07) is 9.87.